The molecule has 3 heteroatoms. The quantitative estimate of drug-likeness (QED) is 0.698. The Balaban J connectivity index is 1.69. The summed E-state index contributed by atoms with van der Waals surface area (Å²) in [4.78, 5) is 16.0. The van der Waals surface area contributed by atoms with Gasteiger partial charge in [-0.25, -0.2) is 0 Å². The van der Waals surface area contributed by atoms with Gasteiger partial charge in [0.15, 0.2) is 5.78 Å². The van der Waals surface area contributed by atoms with Gasteiger partial charge in [0.05, 0.1) is 0 Å². The molecule has 4 rings (SSSR count). The second-order valence-corrected chi connectivity index (χ2v) is 6.07. The molecule has 0 amide bonds. The molecule has 1 heterocycles. The minimum atomic E-state index is 0.0529. The van der Waals surface area contributed by atoms with Crippen molar-refractivity contribution in [2.24, 2.45) is 5.92 Å². The third-order valence-electron chi connectivity index (χ3n) is 4.33. The Hall–Kier alpha value is -2.06. The summed E-state index contributed by atoms with van der Waals surface area (Å²) < 4.78 is 0. The average molecular weight is 296 g/mol. The summed E-state index contributed by atoms with van der Waals surface area (Å²) in [5.41, 5.74) is 4.30. The number of Topliss-reactive ketones (excluding diaryl/α,β-unsaturated/α-hetero) is 1. The fourth-order valence-electron chi connectivity index (χ4n) is 3.27. The van der Waals surface area contributed by atoms with E-state index in [1.807, 2.05) is 36.5 Å². The number of hydrogen-bond donors (Lipinski definition) is 1. The zero-order valence-corrected chi connectivity index (χ0v) is 12.2. The zero-order valence-electron chi connectivity index (χ0n) is 11.4. The third-order valence-corrected chi connectivity index (χ3v) is 4.57. The number of aromatic amines is 1. The third kappa shape index (κ3) is 2.07. The van der Waals surface area contributed by atoms with Crippen LogP contribution < -0.4 is 0 Å². The predicted molar refractivity (Wildman–Crippen MR) is 85.0 cm³/mol. The highest BCUT2D eigenvalue weighted by atomic mass is 35.5. The van der Waals surface area contributed by atoms with E-state index in [1.54, 1.807) is 0 Å². The number of nitrogens with one attached hydrogen (secondary N) is 1. The topological polar surface area (TPSA) is 32.9 Å². The van der Waals surface area contributed by atoms with Crippen LogP contribution in [0.1, 0.15) is 21.5 Å². The first-order valence-electron chi connectivity index (χ1n) is 7.10. The number of carbonyl (C=O) groups is 1. The van der Waals surface area contributed by atoms with Crippen LogP contribution in [0, 0.1) is 5.92 Å². The van der Waals surface area contributed by atoms with Crippen LogP contribution in [0.2, 0.25) is 5.02 Å². The first-order valence-corrected chi connectivity index (χ1v) is 7.48. The molecule has 0 bridgehead atoms. The van der Waals surface area contributed by atoms with E-state index in [9.17, 15) is 4.79 Å². The van der Waals surface area contributed by atoms with Crippen LogP contribution in [0.15, 0.2) is 48.7 Å². The Kier molecular flexibility index (Phi) is 2.86. The Morgan fingerprint density at radius 1 is 1.10 bits per heavy atom. The Labute approximate surface area is 127 Å². The molecule has 0 unspecified atom stereocenters. The van der Waals surface area contributed by atoms with Gasteiger partial charge in [0.1, 0.15) is 0 Å². The molecule has 2 aromatic carbocycles. The van der Waals surface area contributed by atoms with E-state index in [1.165, 1.54) is 11.1 Å². The molecular weight excluding hydrogens is 282 g/mol. The van der Waals surface area contributed by atoms with Crippen LogP contribution in [-0.4, -0.2) is 10.8 Å². The lowest BCUT2D eigenvalue weighted by Crippen LogP contribution is -2.14. The number of benzene rings is 2. The maximum absolute atomic E-state index is 12.8. The number of H-pyrrole nitrogens is 1. The lowest BCUT2D eigenvalue weighted by molar-refractivity contribution is 0.0926. The second kappa shape index (κ2) is 4.74. The van der Waals surface area contributed by atoms with E-state index < -0.39 is 0 Å². The smallest absolute Gasteiger partial charge is 0.168 e. The maximum atomic E-state index is 12.8. The van der Waals surface area contributed by atoms with E-state index in [4.69, 9.17) is 11.6 Å². The molecule has 21 heavy (non-hydrogen) atoms. The van der Waals surface area contributed by atoms with E-state index >= 15 is 0 Å². The van der Waals surface area contributed by atoms with Gasteiger partial charge in [-0.3, -0.25) is 4.79 Å². The van der Waals surface area contributed by atoms with Crippen molar-refractivity contribution in [2.45, 2.75) is 12.8 Å². The van der Waals surface area contributed by atoms with Crippen molar-refractivity contribution in [1.29, 1.82) is 0 Å². The Morgan fingerprint density at radius 3 is 2.52 bits per heavy atom. The van der Waals surface area contributed by atoms with Crippen molar-refractivity contribution in [2.75, 3.05) is 0 Å². The number of rotatable bonds is 2. The normalized spacial score (nSPS) is 14.5. The van der Waals surface area contributed by atoms with E-state index in [0.29, 0.717) is 5.02 Å². The molecule has 1 aliphatic carbocycles. The lowest BCUT2D eigenvalue weighted by Gasteiger charge is -2.06. The number of aromatic nitrogens is 1. The highest BCUT2D eigenvalue weighted by Gasteiger charge is 2.29. The van der Waals surface area contributed by atoms with Gasteiger partial charge in [-0.15, -0.1) is 0 Å². The number of halogens is 1. The van der Waals surface area contributed by atoms with Crippen LogP contribution in [0.25, 0.3) is 10.9 Å². The second-order valence-electron chi connectivity index (χ2n) is 5.63. The van der Waals surface area contributed by atoms with Gasteiger partial charge in [-0.2, -0.15) is 0 Å². The monoisotopic (exact) mass is 295 g/mol. The molecule has 0 fully saturated rings. The first kappa shape index (κ1) is 12.7. The minimum absolute atomic E-state index is 0.0529. The van der Waals surface area contributed by atoms with E-state index in [2.05, 4.69) is 17.1 Å². The van der Waals surface area contributed by atoms with Crippen molar-refractivity contribution >= 4 is 28.3 Å². The standard InChI is InChI=1S/C18H14ClNO/c19-14-5-6-15-16(10-20-17(15)9-14)18(21)13-7-11-3-1-2-4-12(11)8-13/h1-6,9-10,13,20H,7-8H2. The van der Waals surface area contributed by atoms with Gasteiger partial charge < -0.3 is 4.98 Å². The van der Waals surface area contributed by atoms with Gasteiger partial charge >= 0.3 is 0 Å². The van der Waals surface area contributed by atoms with Crippen molar-refractivity contribution < 1.29 is 4.79 Å². The van der Waals surface area contributed by atoms with Crippen molar-refractivity contribution in [3.63, 3.8) is 0 Å². The number of ketones is 1. The van der Waals surface area contributed by atoms with Gasteiger partial charge in [0.25, 0.3) is 0 Å². The fraction of sp³-hybridized carbons (Fsp3) is 0.167. The molecule has 104 valence electrons. The summed E-state index contributed by atoms with van der Waals surface area (Å²) in [6.07, 6.45) is 3.50. The van der Waals surface area contributed by atoms with Crippen LogP contribution in [0.4, 0.5) is 0 Å². The predicted octanol–water partition coefficient (Wildman–Crippen LogP) is 4.42. The summed E-state index contributed by atoms with van der Waals surface area (Å²) in [5.74, 6) is 0.275. The van der Waals surface area contributed by atoms with Crippen LogP contribution in [-0.2, 0) is 12.8 Å². The zero-order chi connectivity index (χ0) is 14.4. The van der Waals surface area contributed by atoms with Crippen LogP contribution in [0.5, 0.6) is 0 Å². The highest BCUT2D eigenvalue weighted by Crippen LogP contribution is 2.31. The van der Waals surface area contributed by atoms with E-state index in [-0.39, 0.29) is 11.7 Å². The summed E-state index contributed by atoms with van der Waals surface area (Å²) in [6, 6.07) is 13.9. The molecule has 0 radical (unpaired) electrons. The number of carbonyl (C=O) groups excluding carboxylic acids is 1. The number of hydrogen-bond acceptors (Lipinski definition) is 1. The Bertz CT molecular complexity index is 824. The van der Waals surface area contributed by atoms with Crippen LogP contribution >= 0.6 is 11.6 Å². The maximum Gasteiger partial charge on any atom is 0.168 e. The molecule has 0 saturated carbocycles. The molecule has 0 atom stereocenters. The van der Waals surface area contributed by atoms with Crippen LogP contribution in [0.3, 0.4) is 0 Å². The molecule has 1 aliphatic rings. The highest BCUT2D eigenvalue weighted by molar-refractivity contribution is 6.31. The van der Waals surface area contributed by atoms with Gasteiger partial charge in [0, 0.05) is 33.6 Å². The van der Waals surface area contributed by atoms with E-state index in [0.717, 1.165) is 29.3 Å². The average Bonchev–Trinajstić information content (AvgIpc) is 3.09. The summed E-state index contributed by atoms with van der Waals surface area (Å²) >= 11 is 5.99. The largest absolute Gasteiger partial charge is 0.360 e. The molecule has 0 aliphatic heterocycles. The minimum Gasteiger partial charge on any atom is -0.360 e. The molecule has 0 spiro atoms. The molecule has 0 saturated heterocycles. The number of fused-ring (bicyclic) bond motifs is 2. The summed E-state index contributed by atoms with van der Waals surface area (Å²) in [5, 5.41) is 1.64. The fourth-order valence-corrected chi connectivity index (χ4v) is 3.44. The van der Waals surface area contributed by atoms with Gasteiger partial charge in [-0.05, 0) is 36.1 Å². The van der Waals surface area contributed by atoms with Crippen molar-refractivity contribution in [3.05, 3.63) is 70.4 Å². The first-order chi connectivity index (χ1) is 10.2. The SMILES string of the molecule is O=C(c1c[nH]c2cc(Cl)ccc12)C1Cc2ccccc2C1. The molecule has 1 N–H and O–H groups in total. The Morgan fingerprint density at radius 2 is 1.81 bits per heavy atom. The van der Waals surface area contributed by atoms with Crippen molar-refractivity contribution in [1.82, 2.24) is 4.98 Å². The van der Waals surface area contributed by atoms with Crippen molar-refractivity contribution in [3.8, 4) is 0 Å². The van der Waals surface area contributed by atoms with Gasteiger partial charge in [0.2, 0.25) is 0 Å². The molecule has 1 aromatic heterocycles. The van der Waals surface area contributed by atoms with Gasteiger partial charge in [-0.1, -0.05) is 41.9 Å². The lowest BCUT2D eigenvalue weighted by atomic mass is 9.95. The molecular formula is C18H14ClNO. The summed E-state index contributed by atoms with van der Waals surface area (Å²) in [6.45, 7) is 0. The summed E-state index contributed by atoms with van der Waals surface area (Å²) in [7, 11) is 0. The molecule has 3 aromatic rings. The molecule has 2 nitrogen and oxygen atoms in total.